The highest BCUT2D eigenvalue weighted by atomic mass is 35.5. The largest absolute Gasteiger partial charge is 0.493 e. The minimum absolute atomic E-state index is 0.244. The van der Waals surface area contributed by atoms with Gasteiger partial charge in [0.15, 0.2) is 11.5 Å². The minimum Gasteiger partial charge on any atom is -0.493 e. The molecule has 0 aliphatic rings. The average Bonchev–Trinajstić information content (AvgIpc) is 2.30. The molecular formula is C15H24ClNO2. The number of rotatable bonds is 6. The second kappa shape index (κ2) is 7.01. The van der Waals surface area contributed by atoms with Crippen LogP contribution in [0.2, 0.25) is 5.02 Å². The lowest BCUT2D eigenvalue weighted by atomic mass is 9.93. The van der Waals surface area contributed by atoms with Gasteiger partial charge in [0, 0.05) is 16.7 Å². The fourth-order valence-electron chi connectivity index (χ4n) is 1.74. The fraction of sp³-hybridized carbons (Fsp3) is 0.600. The maximum atomic E-state index is 6.07. The van der Waals surface area contributed by atoms with Gasteiger partial charge in [-0.1, -0.05) is 32.4 Å². The van der Waals surface area contributed by atoms with Crippen molar-refractivity contribution in [2.45, 2.75) is 33.6 Å². The van der Waals surface area contributed by atoms with Gasteiger partial charge in [-0.25, -0.2) is 0 Å². The normalized spacial score (nSPS) is 11.5. The lowest BCUT2D eigenvalue weighted by molar-refractivity contribution is 0.232. The third-order valence-corrected chi connectivity index (χ3v) is 3.05. The fourth-order valence-corrected chi connectivity index (χ4v) is 1.97. The first-order chi connectivity index (χ1) is 8.87. The van der Waals surface area contributed by atoms with Crippen molar-refractivity contribution in [3.8, 4) is 11.5 Å². The van der Waals surface area contributed by atoms with E-state index in [1.165, 1.54) is 0 Å². The molecule has 1 aromatic rings. The average molecular weight is 286 g/mol. The predicted octanol–water partition coefficient (Wildman–Crippen LogP) is 3.66. The Morgan fingerprint density at radius 2 is 1.95 bits per heavy atom. The van der Waals surface area contributed by atoms with Crippen LogP contribution in [-0.4, -0.2) is 20.3 Å². The number of hydrogen-bond donors (Lipinski definition) is 1. The van der Waals surface area contributed by atoms with E-state index in [1.807, 2.05) is 6.07 Å². The summed E-state index contributed by atoms with van der Waals surface area (Å²) in [4.78, 5) is 0. The summed E-state index contributed by atoms with van der Waals surface area (Å²) >= 11 is 6.07. The summed E-state index contributed by atoms with van der Waals surface area (Å²) in [6, 6.07) is 3.66. The van der Waals surface area contributed by atoms with E-state index in [2.05, 4.69) is 20.8 Å². The SMILES string of the molecule is COc1cc(Cl)cc(CCN)c1OCCC(C)(C)C. The van der Waals surface area contributed by atoms with Gasteiger partial charge in [-0.05, 0) is 30.9 Å². The van der Waals surface area contributed by atoms with Gasteiger partial charge in [-0.15, -0.1) is 0 Å². The van der Waals surface area contributed by atoms with Crippen LogP contribution in [0, 0.1) is 5.41 Å². The van der Waals surface area contributed by atoms with Crippen molar-refractivity contribution >= 4 is 11.6 Å². The van der Waals surface area contributed by atoms with Crippen molar-refractivity contribution < 1.29 is 9.47 Å². The molecule has 0 atom stereocenters. The number of hydrogen-bond acceptors (Lipinski definition) is 3. The van der Waals surface area contributed by atoms with E-state index in [1.54, 1.807) is 13.2 Å². The molecule has 0 aliphatic heterocycles. The number of nitrogens with two attached hydrogens (primary N) is 1. The molecule has 108 valence electrons. The van der Waals surface area contributed by atoms with Gasteiger partial charge in [0.25, 0.3) is 0 Å². The quantitative estimate of drug-likeness (QED) is 0.867. The lowest BCUT2D eigenvalue weighted by Crippen LogP contribution is -2.13. The highest BCUT2D eigenvalue weighted by molar-refractivity contribution is 6.30. The van der Waals surface area contributed by atoms with Gasteiger partial charge in [-0.2, -0.15) is 0 Å². The number of methoxy groups -OCH3 is 1. The Bertz CT molecular complexity index is 413. The van der Waals surface area contributed by atoms with Crippen molar-refractivity contribution in [2.75, 3.05) is 20.3 Å². The van der Waals surface area contributed by atoms with Gasteiger partial charge >= 0.3 is 0 Å². The molecule has 0 heterocycles. The third kappa shape index (κ3) is 5.29. The molecule has 0 fully saturated rings. The molecule has 19 heavy (non-hydrogen) atoms. The van der Waals surface area contributed by atoms with Crippen LogP contribution in [0.15, 0.2) is 12.1 Å². The summed E-state index contributed by atoms with van der Waals surface area (Å²) in [5, 5.41) is 0.642. The van der Waals surface area contributed by atoms with Gasteiger partial charge in [0.05, 0.1) is 13.7 Å². The molecule has 0 saturated heterocycles. The van der Waals surface area contributed by atoms with E-state index in [-0.39, 0.29) is 5.41 Å². The molecular weight excluding hydrogens is 262 g/mol. The smallest absolute Gasteiger partial charge is 0.164 e. The maximum absolute atomic E-state index is 6.07. The Kier molecular flexibility index (Phi) is 5.95. The first-order valence-electron chi connectivity index (χ1n) is 6.56. The van der Waals surface area contributed by atoms with Gasteiger partial charge in [-0.3, -0.25) is 0 Å². The van der Waals surface area contributed by atoms with E-state index in [0.29, 0.717) is 23.9 Å². The lowest BCUT2D eigenvalue weighted by Gasteiger charge is -2.20. The zero-order valence-corrected chi connectivity index (χ0v) is 13.0. The summed E-state index contributed by atoms with van der Waals surface area (Å²) in [5.74, 6) is 1.44. The first kappa shape index (κ1) is 16.1. The maximum Gasteiger partial charge on any atom is 0.164 e. The van der Waals surface area contributed by atoms with Crippen LogP contribution in [0.25, 0.3) is 0 Å². The Morgan fingerprint density at radius 3 is 2.47 bits per heavy atom. The van der Waals surface area contributed by atoms with E-state index < -0.39 is 0 Å². The van der Waals surface area contributed by atoms with Crippen LogP contribution >= 0.6 is 11.6 Å². The number of benzene rings is 1. The monoisotopic (exact) mass is 285 g/mol. The van der Waals surface area contributed by atoms with E-state index in [4.69, 9.17) is 26.8 Å². The Hall–Kier alpha value is -0.930. The Balaban J connectivity index is 2.89. The second-order valence-corrected chi connectivity index (χ2v) is 6.23. The number of halogens is 1. The zero-order chi connectivity index (χ0) is 14.5. The molecule has 0 amide bonds. The van der Waals surface area contributed by atoms with Crippen LogP contribution in [0.1, 0.15) is 32.8 Å². The van der Waals surface area contributed by atoms with E-state index >= 15 is 0 Å². The highest BCUT2D eigenvalue weighted by Gasteiger charge is 2.15. The zero-order valence-electron chi connectivity index (χ0n) is 12.3. The summed E-state index contributed by atoms with van der Waals surface area (Å²) in [6.07, 6.45) is 1.70. The van der Waals surface area contributed by atoms with Crippen molar-refractivity contribution in [3.63, 3.8) is 0 Å². The summed E-state index contributed by atoms with van der Waals surface area (Å²) in [6.45, 7) is 7.78. The van der Waals surface area contributed by atoms with Crippen molar-refractivity contribution in [1.82, 2.24) is 0 Å². The molecule has 0 saturated carbocycles. The summed E-state index contributed by atoms with van der Waals surface area (Å²) in [5.41, 5.74) is 6.87. The van der Waals surface area contributed by atoms with Crippen molar-refractivity contribution in [1.29, 1.82) is 0 Å². The summed E-state index contributed by atoms with van der Waals surface area (Å²) < 4.78 is 11.2. The molecule has 2 N–H and O–H groups in total. The second-order valence-electron chi connectivity index (χ2n) is 5.79. The van der Waals surface area contributed by atoms with Gasteiger partial charge in [0.2, 0.25) is 0 Å². The molecule has 0 radical (unpaired) electrons. The third-order valence-electron chi connectivity index (χ3n) is 2.83. The van der Waals surface area contributed by atoms with Crippen LogP contribution in [0.3, 0.4) is 0 Å². The molecule has 1 aromatic carbocycles. The Morgan fingerprint density at radius 1 is 1.26 bits per heavy atom. The molecule has 0 spiro atoms. The standard InChI is InChI=1S/C15H24ClNO2/c1-15(2,3)6-8-19-14-11(5-7-17)9-12(16)10-13(14)18-4/h9-10H,5-8,17H2,1-4H3. The molecule has 0 aromatic heterocycles. The van der Waals surface area contributed by atoms with Crippen LogP contribution in [-0.2, 0) is 6.42 Å². The molecule has 1 rings (SSSR count). The van der Waals surface area contributed by atoms with Gasteiger partial charge < -0.3 is 15.2 Å². The molecule has 0 unspecified atom stereocenters. The number of ether oxygens (including phenoxy) is 2. The molecule has 3 nitrogen and oxygen atoms in total. The van der Waals surface area contributed by atoms with Crippen molar-refractivity contribution in [3.05, 3.63) is 22.7 Å². The van der Waals surface area contributed by atoms with E-state index in [0.717, 1.165) is 24.2 Å². The first-order valence-corrected chi connectivity index (χ1v) is 6.94. The molecule has 4 heteroatoms. The predicted molar refractivity (Wildman–Crippen MR) is 80.3 cm³/mol. The van der Waals surface area contributed by atoms with Crippen LogP contribution in [0.5, 0.6) is 11.5 Å². The molecule has 0 aliphatic carbocycles. The van der Waals surface area contributed by atoms with Crippen LogP contribution in [0.4, 0.5) is 0 Å². The van der Waals surface area contributed by atoms with Gasteiger partial charge in [0.1, 0.15) is 0 Å². The van der Waals surface area contributed by atoms with Crippen LogP contribution < -0.4 is 15.2 Å². The minimum atomic E-state index is 0.244. The van der Waals surface area contributed by atoms with E-state index in [9.17, 15) is 0 Å². The topological polar surface area (TPSA) is 44.5 Å². The summed E-state index contributed by atoms with van der Waals surface area (Å²) in [7, 11) is 1.62. The highest BCUT2D eigenvalue weighted by Crippen LogP contribution is 2.35. The Labute approximate surface area is 121 Å². The van der Waals surface area contributed by atoms with Crippen molar-refractivity contribution in [2.24, 2.45) is 11.1 Å². The molecule has 0 bridgehead atoms.